The predicted octanol–water partition coefficient (Wildman–Crippen LogP) is 2.31. The molecule has 1 saturated heterocycles. The van der Waals surface area contributed by atoms with E-state index >= 15 is 0 Å². The molecule has 1 fully saturated rings. The van der Waals surface area contributed by atoms with Gasteiger partial charge in [-0.3, -0.25) is 0 Å². The number of allylic oxidation sites excluding steroid dienone is 2. The van der Waals surface area contributed by atoms with Gasteiger partial charge in [-0.2, -0.15) is 5.26 Å². The fourth-order valence-electron chi connectivity index (χ4n) is 2.67. The fraction of sp³-hybridized carbons (Fsp3) is 0.769. The summed E-state index contributed by atoms with van der Waals surface area (Å²) < 4.78 is 5.39. The summed E-state index contributed by atoms with van der Waals surface area (Å²) in [6.07, 6.45) is 7.84. The van der Waals surface area contributed by atoms with Gasteiger partial charge in [0.15, 0.2) is 0 Å². The van der Waals surface area contributed by atoms with Crippen LogP contribution >= 0.6 is 0 Å². The molecule has 0 radical (unpaired) electrons. The van der Waals surface area contributed by atoms with Crippen molar-refractivity contribution in [3.63, 3.8) is 0 Å². The van der Waals surface area contributed by atoms with Gasteiger partial charge < -0.3 is 9.64 Å². The quantitative estimate of drug-likeness (QED) is 0.732. The van der Waals surface area contributed by atoms with E-state index in [0.717, 1.165) is 32.7 Å². The Balaban J connectivity index is 1.97. The van der Waals surface area contributed by atoms with Crippen LogP contribution in [-0.2, 0) is 4.74 Å². The predicted molar refractivity (Wildman–Crippen MR) is 62.7 cm³/mol. The van der Waals surface area contributed by atoms with Gasteiger partial charge >= 0.3 is 0 Å². The van der Waals surface area contributed by atoms with Crippen molar-refractivity contribution in [2.75, 3.05) is 26.3 Å². The highest BCUT2D eigenvalue weighted by Gasteiger charge is 2.23. The van der Waals surface area contributed by atoms with Gasteiger partial charge in [-0.05, 0) is 31.6 Å². The Morgan fingerprint density at radius 2 is 2.25 bits per heavy atom. The van der Waals surface area contributed by atoms with Crippen molar-refractivity contribution < 1.29 is 4.74 Å². The summed E-state index contributed by atoms with van der Waals surface area (Å²) in [5.41, 5.74) is 1.49. The third-order valence-electron chi connectivity index (χ3n) is 3.51. The number of rotatable bonds is 3. The fourth-order valence-corrected chi connectivity index (χ4v) is 2.67. The number of hydrogen-bond acceptors (Lipinski definition) is 3. The molecule has 88 valence electrons. The monoisotopic (exact) mass is 220 g/mol. The average Bonchev–Trinajstić information content (AvgIpc) is 2.38. The second-order valence-corrected chi connectivity index (χ2v) is 4.55. The molecule has 3 nitrogen and oxygen atoms in total. The van der Waals surface area contributed by atoms with Crippen LogP contribution in [-0.4, -0.2) is 31.2 Å². The van der Waals surface area contributed by atoms with Crippen LogP contribution in [0.4, 0.5) is 0 Å². The van der Waals surface area contributed by atoms with Crippen LogP contribution in [0.5, 0.6) is 0 Å². The van der Waals surface area contributed by atoms with Gasteiger partial charge in [0, 0.05) is 25.2 Å². The van der Waals surface area contributed by atoms with Gasteiger partial charge in [0.25, 0.3) is 0 Å². The lowest BCUT2D eigenvalue weighted by molar-refractivity contribution is 0.0467. The van der Waals surface area contributed by atoms with E-state index < -0.39 is 0 Å². The first-order valence-electron chi connectivity index (χ1n) is 6.31. The molecule has 1 unspecified atom stereocenters. The largest absolute Gasteiger partial charge is 0.378 e. The zero-order valence-corrected chi connectivity index (χ0v) is 9.82. The smallest absolute Gasteiger partial charge is 0.0642 e. The summed E-state index contributed by atoms with van der Waals surface area (Å²) in [6, 6.07) is 2.27. The molecule has 16 heavy (non-hydrogen) atoms. The molecule has 0 saturated carbocycles. The summed E-state index contributed by atoms with van der Waals surface area (Å²) >= 11 is 0. The Labute approximate surface area is 97.7 Å². The Morgan fingerprint density at radius 3 is 3.00 bits per heavy atom. The molecule has 1 heterocycles. The SMILES string of the molecule is N#CCCC1CCCC=C1N1CCOCC1. The molecule has 0 N–H and O–H groups in total. The molecule has 2 rings (SSSR count). The third kappa shape index (κ3) is 2.76. The summed E-state index contributed by atoms with van der Waals surface area (Å²) in [4.78, 5) is 2.46. The Hall–Kier alpha value is -1.01. The Morgan fingerprint density at radius 1 is 1.44 bits per heavy atom. The van der Waals surface area contributed by atoms with Gasteiger partial charge in [-0.15, -0.1) is 0 Å². The molecule has 1 aliphatic carbocycles. The van der Waals surface area contributed by atoms with Gasteiger partial charge in [-0.25, -0.2) is 0 Å². The molecule has 0 amide bonds. The average molecular weight is 220 g/mol. The highest BCUT2D eigenvalue weighted by molar-refractivity contribution is 5.10. The molecular weight excluding hydrogens is 200 g/mol. The zero-order chi connectivity index (χ0) is 11.2. The van der Waals surface area contributed by atoms with Crippen LogP contribution in [0.2, 0.25) is 0 Å². The molecule has 1 atom stereocenters. The number of nitriles is 1. The number of hydrogen-bond donors (Lipinski definition) is 0. The van der Waals surface area contributed by atoms with Crippen molar-refractivity contribution in [2.24, 2.45) is 5.92 Å². The molecule has 0 bridgehead atoms. The van der Waals surface area contributed by atoms with Crippen LogP contribution < -0.4 is 0 Å². The lowest BCUT2D eigenvalue weighted by atomic mass is 9.87. The molecule has 2 aliphatic rings. The minimum Gasteiger partial charge on any atom is -0.378 e. The van der Waals surface area contributed by atoms with E-state index in [0.29, 0.717) is 12.3 Å². The molecule has 1 aliphatic heterocycles. The number of morpholine rings is 1. The Kier molecular flexibility index (Phi) is 4.24. The van der Waals surface area contributed by atoms with E-state index in [1.165, 1.54) is 25.0 Å². The van der Waals surface area contributed by atoms with Crippen LogP contribution in [0.1, 0.15) is 32.1 Å². The highest BCUT2D eigenvalue weighted by atomic mass is 16.5. The van der Waals surface area contributed by atoms with Crippen molar-refractivity contribution >= 4 is 0 Å². The van der Waals surface area contributed by atoms with E-state index in [9.17, 15) is 0 Å². The van der Waals surface area contributed by atoms with Crippen molar-refractivity contribution in [1.82, 2.24) is 4.90 Å². The van der Waals surface area contributed by atoms with Crippen LogP contribution in [0.15, 0.2) is 11.8 Å². The van der Waals surface area contributed by atoms with Gasteiger partial charge in [0.1, 0.15) is 0 Å². The summed E-state index contributed by atoms with van der Waals surface area (Å²) in [5.74, 6) is 0.617. The normalized spacial score (nSPS) is 26.1. The second kappa shape index (κ2) is 5.91. The summed E-state index contributed by atoms with van der Waals surface area (Å²) in [5, 5.41) is 8.69. The standard InChI is InChI=1S/C13H20N2O/c14-7-3-5-12-4-1-2-6-13(12)15-8-10-16-11-9-15/h6,12H,1-5,8-11H2. The number of ether oxygens (including phenoxy) is 1. The summed E-state index contributed by atoms with van der Waals surface area (Å²) in [7, 11) is 0. The maximum atomic E-state index is 8.69. The van der Waals surface area contributed by atoms with Crippen LogP contribution in [0.3, 0.4) is 0 Å². The van der Waals surface area contributed by atoms with Crippen LogP contribution in [0.25, 0.3) is 0 Å². The summed E-state index contributed by atoms with van der Waals surface area (Å²) in [6.45, 7) is 3.74. The van der Waals surface area contributed by atoms with Gasteiger partial charge in [0.05, 0.1) is 19.3 Å². The third-order valence-corrected chi connectivity index (χ3v) is 3.51. The van der Waals surface area contributed by atoms with E-state index in [1.54, 1.807) is 0 Å². The van der Waals surface area contributed by atoms with Crippen LogP contribution in [0, 0.1) is 17.2 Å². The molecule has 0 aromatic heterocycles. The highest BCUT2D eigenvalue weighted by Crippen LogP contribution is 2.31. The van der Waals surface area contributed by atoms with E-state index in [4.69, 9.17) is 10.00 Å². The minimum atomic E-state index is 0.617. The lowest BCUT2D eigenvalue weighted by Crippen LogP contribution is -2.38. The van der Waals surface area contributed by atoms with E-state index in [-0.39, 0.29) is 0 Å². The molecule has 0 aromatic rings. The maximum Gasteiger partial charge on any atom is 0.0642 e. The van der Waals surface area contributed by atoms with Crippen molar-refractivity contribution in [2.45, 2.75) is 32.1 Å². The molecular formula is C13H20N2O. The topological polar surface area (TPSA) is 36.3 Å². The molecule has 0 spiro atoms. The van der Waals surface area contributed by atoms with Crippen molar-refractivity contribution in [3.8, 4) is 6.07 Å². The van der Waals surface area contributed by atoms with E-state index in [2.05, 4.69) is 17.0 Å². The first-order valence-corrected chi connectivity index (χ1v) is 6.31. The first kappa shape index (κ1) is 11.5. The lowest BCUT2D eigenvalue weighted by Gasteiger charge is -2.37. The van der Waals surface area contributed by atoms with Crippen molar-refractivity contribution in [1.29, 1.82) is 5.26 Å². The second-order valence-electron chi connectivity index (χ2n) is 4.55. The number of nitrogens with zero attached hydrogens (tertiary/aromatic N) is 2. The first-order chi connectivity index (χ1) is 7.92. The maximum absolute atomic E-state index is 8.69. The minimum absolute atomic E-state index is 0.617. The molecule has 0 aromatic carbocycles. The Bertz CT molecular complexity index is 287. The zero-order valence-electron chi connectivity index (χ0n) is 9.82. The van der Waals surface area contributed by atoms with Gasteiger partial charge in [-0.1, -0.05) is 6.08 Å². The van der Waals surface area contributed by atoms with Gasteiger partial charge in [0.2, 0.25) is 0 Å². The molecule has 3 heteroatoms. The van der Waals surface area contributed by atoms with E-state index in [1.807, 2.05) is 0 Å². The van der Waals surface area contributed by atoms with Crippen molar-refractivity contribution in [3.05, 3.63) is 11.8 Å².